The Morgan fingerprint density at radius 2 is 2.38 bits per heavy atom. The standard InChI is InChI=1S/C13H14N2O/c1-2-4-13(16)15-11-6-7-12-10(9-11)5-3-8-14-12/h6-7,9,14H,3,5,8H2,1H3,(H,15,16). The van der Waals surface area contributed by atoms with Gasteiger partial charge in [0, 0.05) is 17.9 Å². The van der Waals surface area contributed by atoms with Crippen LogP contribution >= 0.6 is 0 Å². The number of nitrogens with one attached hydrogen (secondary N) is 2. The Balaban J connectivity index is 2.16. The van der Waals surface area contributed by atoms with Gasteiger partial charge in [-0.15, -0.1) is 0 Å². The highest BCUT2D eigenvalue weighted by atomic mass is 16.1. The van der Waals surface area contributed by atoms with Gasteiger partial charge in [0.15, 0.2) is 0 Å². The highest BCUT2D eigenvalue weighted by Gasteiger charge is 2.09. The summed E-state index contributed by atoms with van der Waals surface area (Å²) < 4.78 is 0. The zero-order valence-corrected chi connectivity index (χ0v) is 9.26. The van der Waals surface area contributed by atoms with E-state index in [0.29, 0.717) is 0 Å². The Bertz CT molecular complexity index is 469. The van der Waals surface area contributed by atoms with Gasteiger partial charge in [-0.05, 0) is 49.4 Å². The minimum Gasteiger partial charge on any atom is -0.385 e. The van der Waals surface area contributed by atoms with Gasteiger partial charge >= 0.3 is 0 Å². The molecule has 82 valence electrons. The largest absolute Gasteiger partial charge is 0.385 e. The number of anilines is 2. The lowest BCUT2D eigenvalue weighted by Gasteiger charge is -2.18. The van der Waals surface area contributed by atoms with Crippen LogP contribution in [-0.2, 0) is 11.2 Å². The molecule has 0 spiro atoms. The van der Waals surface area contributed by atoms with E-state index in [2.05, 4.69) is 22.5 Å². The second kappa shape index (κ2) is 4.71. The molecule has 0 bridgehead atoms. The molecule has 1 aromatic carbocycles. The van der Waals surface area contributed by atoms with Crippen LogP contribution in [-0.4, -0.2) is 12.5 Å². The molecule has 16 heavy (non-hydrogen) atoms. The van der Waals surface area contributed by atoms with E-state index in [0.717, 1.165) is 25.1 Å². The number of carbonyl (C=O) groups is 1. The molecule has 0 fully saturated rings. The first-order chi connectivity index (χ1) is 7.79. The lowest BCUT2D eigenvalue weighted by molar-refractivity contribution is -0.111. The van der Waals surface area contributed by atoms with Gasteiger partial charge in [0.05, 0.1) is 0 Å². The smallest absolute Gasteiger partial charge is 0.300 e. The Hall–Kier alpha value is -1.95. The number of hydrogen-bond donors (Lipinski definition) is 2. The molecule has 1 aliphatic heterocycles. The van der Waals surface area contributed by atoms with Gasteiger partial charge in [-0.2, -0.15) is 0 Å². The van der Waals surface area contributed by atoms with Crippen molar-refractivity contribution in [1.29, 1.82) is 0 Å². The summed E-state index contributed by atoms with van der Waals surface area (Å²) in [6.07, 6.45) is 2.20. The van der Waals surface area contributed by atoms with Crippen molar-refractivity contribution in [2.24, 2.45) is 0 Å². The summed E-state index contributed by atoms with van der Waals surface area (Å²) in [6.45, 7) is 2.68. The van der Waals surface area contributed by atoms with Crippen LogP contribution in [0, 0.1) is 11.8 Å². The maximum Gasteiger partial charge on any atom is 0.300 e. The maximum absolute atomic E-state index is 11.3. The third-order valence-electron chi connectivity index (χ3n) is 2.54. The van der Waals surface area contributed by atoms with E-state index >= 15 is 0 Å². The van der Waals surface area contributed by atoms with Gasteiger partial charge in [0.1, 0.15) is 0 Å². The van der Waals surface area contributed by atoms with Crippen molar-refractivity contribution >= 4 is 17.3 Å². The number of rotatable bonds is 1. The molecule has 0 aliphatic carbocycles. The van der Waals surface area contributed by atoms with Crippen LogP contribution in [0.25, 0.3) is 0 Å². The molecule has 0 atom stereocenters. The van der Waals surface area contributed by atoms with E-state index in [-0.39, 0.29) is 5.91 Å². The van der Waals surface area contributed by atoms with Crippen LogP contribution in [0.4, 0.5) is 11.4 Å². The summed E-state index contributed by atoms with van der Waals surface area (Å²) in [5.41, 5.74) is 3.24. The molecule has 0 saturated carbocycles. The zero-order valence-electron chi connectivity index (χ0n) is 9.26. The molecular weight excluding hydrogens is 200 g/mol. The quantitative estimate of drug-likeness (QED) is 0.702. The molecule has 3 nitrogen and oxygen atoms in total. The molecule has 1 aliphatic rings. The number of benzene rings is 1. The van der Waals surface area contributed by atoms with E-state index in [1.54, 1.807) is 6.92 Å². The minimum atomic E-state index is -0.258. The van der Waals surface area contributed by atoms with Gasteiger partial charge in [-0.25, -0.2) is 0 Å². The molecule has 0 saturated heterocycles. The van der Waals surface area contributed by atoms with Gasteiger partial charge < -0.3 is 10.6 Å². The van der Waals surface area contributed by atoms with Crippen LogP contribution in [0.2, 0.25) is 0 Å². The van der Waals surface area contributed by atoms with E-state index in [1.807, 2.05) is 18.2 Å². The van der Waals surface area contributed by atoms with Crippen molar-refractivity contribution in [3.63, 3.8) is 0 Å². The monoisotopic (exact) mass is 214 g/mol. The molecular formula is C13H14N2O. The lowest BCUT2D eigenvalue weighted by atomic mass is 10.0. The van der Waals surface area contributed by atoms with Crippen LogP contribution < -0.4 is 10.6 Å². The third-order valence-corrected chi connectivity index (χ3v) is 2.54. The van der Waals surface area contributed by atoms with Crippen molar-refractivity contribution in [2.45, 2.75) is 19.8 Å². The van der Waals surface area contributed by atoms with Crippen LogP contribution in [0.1, 0.15) is 18.9 Å². The van der Waals surface area contributed by atoms with Gasteiger partial charge in [-0.3, -0.25) is 4.79 Å². The predicted molar refractivity (Wildman–Crippen MR) is 65.3 cm³/mol. The van der Waals surface area contributed by atoms with Gasteiger partial charge in [0.2, 0.25) is 0 Å². The number of carbonyl (C=O) groups excluding carboxylic acids is 1. The molecule has 0 aromatic heterocycles. The van der Waals surface area contributed by atoms with Crippen molar-refractivity contribution < 1.29 is 4.79 Å². The van der Waals surface area contributed by atoms with E-state index in [1.165, 1.54) is 11.3 Å². The molecule has 2 N–H and O–H groups in total. The summed E-state index contributed by atoms with van der Waals surface area (Å²) in [5, 5.41) is 6.08. The second-order valence-corrected chi connectivity index (χ2v) is 3.73. The van der Waals surface area contributed by atoms with Crippen molar-refractivity contribution in [1.82, 2.24) is 0 Å². The first-order valence-electron chi connectivity index (χ1n) is 5.40. The third kappa shape index (κ3) is 2.34. The molecule has 3 heteroatoms. The number of hydrogen-bond acceptors (Lipinski definition) is 2. The number of aryl methyl sites for hydroxylation is 1. The zero-order chi connectivity index (χ0) is 11.4. The van der Waals surface area contributed by atoms with Gasteiger partial charge in [0.25, 0.3) is 5.91 Å². The van der Waals surface area contributed by atoms with E-state index in [4.69, 9.17) is 0 Å². The highest BCUT2D eigenvalue weighted by molar-refractivity contribution is 6.04. The van der Waals surface area contributed by atoms with Crippen molar-refractivity contribution in [3.8, 4) is 11.8 Å². The number of amides is 1. The first kappa shape index (κ1) is 10.6. The Morgan fingerprint density at radius 3 is 3.19 bits per heavy atom. The fourth-order valence-corrected chi connectivity index (χ4v) is 1.83. The Kier molecular flexibility index (Phi) is 3.11. The average molecular weight is 214 g/mol. The van der Waals surface area contributed by atoms with Crippen LogP contribution in [0.3, 0.4) is 0 Å². The maximum atomic E-state index is 11.3. The minimum absolute atomic E-state index is 0.258. The lowest BCUT2D eigenvalue weighted by Crippen LogP contribution is -2.13. The average Bonchev–Trinajstić information content (AvgIpc) is 2.29. The fourth-order valence-electron chi connectivity index (χ4n) is 1.83. The summed E-state index contributed by atoms with van der Waals surface area (Å²) in [4.78, 5) is 11.3. The van der Waals surface area contributed by atoms with Crippen molar-refractivity contribution in [3.05, 3.63) is 23.8 Å². The Morgan fingerprint density at radius 1 is 1.50 bits per heavy atom. The molecule has 1 amide bonds. The van der Waals surface area contributed by atoms with E-state index in [9.17, 15) is 4.79 Å². The molecule has 1 aromatic rings. The van der Waals surface area contributed by atoms with Crippen LogP contribution in [0.15, 0.2) is 18.2 Å². The molecule has 2 rings (SSSR count). The normalized spacial score (nSPS) is 12.8. The van der Waals surface area contributed by atoms with Crippen molar-refractivity contribution in [2.75, 3.05) is 17.2 Å². The Labute approximate surface area is 95.2 Å². The summed E-state index contributed by atoms with van der Waals surface area (Å²) >= 11 is 0. The second-order valence-electron chi connectivity index (χ2n) is 3.73. The summed E-state index contributed by atoms with van der Waals surface area (Å²) in [6, 6.07) is 5.91. The van der Waals surface area contributed by atoms with Gasteiger partial charge in [-0.1, -0.05) is 5.92 Å². The first-order valence-corrected chi connectivity index (χ1v) is 5.40. The highest BCUT2D eigenvalue weighted by Crippen LogP contribution is 2.24. The fraction of sp³-hybridized carbons (Fsp3) is 0.308. The summed E-state index contributed by atoms with van der Waals surface area (Å²) in [5.74, 6) is 4.78. The number of fused-ring (bicyclic) bond motifs is 1. The van der Waals surface area contributed by atoms with Crippen LogP contribution in [0.5, 0.6) is 0 Å². The predicted octanol–water partition coefficient (Wildman–Crippen LogP) is 2.01. The molecule has 1 heterocycles. The van der Waals surface area contributed by atoms with E-state index < -0.39 is 0 Å². The topological polar surface area (TPSA) is 41.1 Å². The SMILES string of the molecule is CC#CC(=O)Nc1ccc2c(c1)CCCN2. The summed E-state index contributed by atoms with van der Waals surface area (Å²) in [7, 11) is 0. The molecule has 0 radical (unpaired) electrons. The molecule has 0 unspecified atom stereocenters.